The molecule has 0 saturated carbocycles. The number of anilines is 1. The number of benzene rings is 2. The zero-order chi connectivity index (χ0) is 46.6. The maximum absolute atomic E-state index is 13.7. The molecule has 0 bridgehead atoms. The fraction of sp³-hybridized carbons (Fsp3) is 0.474. The summed E-state index contributed by atoms with van der Waals surface area (Å²) in [6.45, 7) is 6.27. The second-order valence-corrected chi connectivity index (χ2v) is 22.1. The lowest BCUT2D eigenvalue weighted by atomic mass is 9.78. The zero-order valence-electron chi connectivity index (χ0n) is 34.4. The summed E-state index contributed by atoms with van der Waals surface area (Å²) in [4.78, 5) is 41.2. The minimum atomic E-state index is -4.48. The molecule has 0 aliphatic carbocycles. The van der Waals surface area contributed by atoms with Crippen LogP contribution in [0.2, 0.25) is 0 Å². The molecule has 0 atom stereocenters. The summed E-state index contributed by atoms with van der Waals surface area (Å²) in [5.74, 6) is -5.64. The quantitative estimate of drug-likeness (QED) is 0.0537. The molecule has 0 aromatic heterocycles. The van der Waals surface area contributed by atoms with Gasteiger partial charge in [-0.1, -0.05) is 32.1 Å². The van der Waals surface area contributed by atoms with Crippen molar-refractivity contribution in [2.45, 2.75) is 64.2 Å². The molecule has 0 radical (unpaired) electrons. The third-order valence-corrected chi connectivity index (χ3v) is 13.4. The lowest BCUT2D eigenvalue weighted by molar-refractivity contribution is -0.437. The summed E-state index contributed by atoms with van der Waals surface area (Å²) in [6.07, 6.45) is 6.08. The molecule has 24 heteroatoms. The van der Waals surface area contributed by atoms with Gasteiger partial charge in [0.05, 0.1) is 45.1 Å². The van der Waals surface area contributed by atoms with Gasteiger partial charge in [0.25, 0.3) is 52.3 Å². The molecule has 2 amide bonds. The van der Waals surface area contributed by atoms with E-state index in [0.717, 1.165) is 0 Å². The predicted molar refractivity (Wildman–Crippen MR) is 229 cm³/mol. The molecule has 7 N–H and O–H groups in total. The van der Waals surface area contributed by atoms with E-state index in [4.69, 9.17) is 4.55 Å². The Morgan fingerprint density at radius 2 is 1.27 bits per heavy atom. The third kappa shape index (κ3) is 12.8. The standard InChI is InChI=1S/C38H50N4O16S4/c1-37(2)30(41(17-9-19-59(47,48)49)28-12-8-11-26(32(28)37)36(45)46)13-6-5-7-14-31-38(3,4)33-27(35(44)40-16-22-62(56,57)58)23-25(34(43)39-15-21-61(53,54)55)24-29(33)42(31)18-10-20-60(50,51)52/h7-8,11-14,23-24H,5-6,9-10,15-22H2,1-4H3,(H6-,39,40,43,44,45,46,47,48,49,50,51,52,53,54,55,56,57,58)/p+1/b14-7+,30-13+. The van der Waals surface area contributed by atoms with Gasteiger partial charge in [0, 0.05) is 66.1 Å². The molecule has 0 saturated heterocycles. The smallest absolute Gasteiger partial charge is 0.336 e. The second kappa shape index (κ2) is 19.0. The zero-order valence-corrected chi connectivity index (χ0v) is 37.6. The maximum atomic E-state index is 13.7. The first kappa shape index (κ1) is 50.1. The van der Waals surface area contributed by atoms with Crippen molar-refractivity contribution in [3.05, 3.63) is 82.1 Å². The van der Waals surface area contributed by atoms with Crippen molar-refractivity contribution in [2.75, 3.05) is 54.1 Å². The van der Waals surface area contributed by atoms with E-state index in [9.17, 15) is 66.8 Å². The molecular formula is C38H51N4O16S4+. The number of carbonyl (C=O) groups excluding carboxylic acids is 2. The van der Waals surface area contributed by atoms with Crippen LogP contribution in [0.15, 0.2) is 54.3 Å². The SMILES string of the molecule is CC1(C)C(/C=C/CC/C=C2/N(CCCS(=O)(=O)O)c3cccc(C(=O)O)c3C2(C)C)=[N+](CCCS(=O)(=O)O)c2cc(C(=O)NCCS(=O)(=O)O)cc(C(=O)NCCS(=O)(=O)O)c21. The molecule has 0 spiro atoms. The summed E-state index contributed by atoms with van der Waals surface area (Å²) < 4.78 is 131. The molecule has 0 fully saturated rings. The highest BCUT2D eigenvalue weighted by molar-refractivity contribution is 7.86. The summed E-state index contributed by atoms with van der Waals surface area (Å²) >= 11 is 0. The summed E-state index contributed by atoms with van der Waals surface area (Å²) in [6, 6.07) is 7.42. The molecule has 62 heavy (non-hydrogen) atoms. The molecule has 4 rings (SSSR count). The Hall–Kier alpha value is -4.56. The third-order valence-electron chi connectivity index (χ3n) is 10.4. The predicted octanol–water partition coefficient (Wildman–Crippen LogP) is 2.57. The van der Waals surface area contributed by atoms with E-state index >= 15 is 0 Å². The number of hydrogen-bond donors (Lipinski definition) is 7. The summed E-state index contributed by atoms with van der Waals surface area (Å²) in [7, 11) is -17.6. The van der Waals surface area contributed by atoms with Crippen LogP contribution in [0, 0.1) is 0 Å². The second-order valence-electron chi connectivity index (χ2n) is 15.8. The number of hydrogen-bond acceptors (Lipinski definition) is 12. The van der Waals surface area contributed by atoms with Gasteiger partial charge in [-0.25, -0.2) is 4.79 Å². The minimum Gasteiger partial charge on any atom is -0.478 e. The Bertz CT molecular complexity index is 2670. The molecule has 2 aliphatic rings. The lowest BCUT2D eigenvalue weighted by Crippen LogP contribution is -2.34. The number of carbonyl (C=O) groups is 3. The molecule has 2 aromatic carbocycles. The van der Waals surface area contributed by atoms with Gasteiger partial charge in [0.15, 0.2) is 5.71 Å². The van der Waals surface area contributed by atoms with Gasteiger partial charge < -0.3 is 20.6 Å². The maximum Gasteiger partial charge on any atom is 0.336 e. The van der Waals surface area contributed by atoms with Crippen molar-refractivity contribution in [1.82, 2.24) is 10.6 Å². The van der Waals surface area contributed by atoms with Gasteiger partial charge in [-0.3, -0.25) is 27.8 Å². The average molecular weight is 948 g/mol. The number of nitrogens with zero attached hydrogens (tertiary/aromatic N) is 2. The Labute approximate surface area is 360 Å². The van der Waals surface area contributed by atoms with Crippen LogP contribution in [0.5, 0.6) is 0 Å². The van der Waals surface area contributed by atoms with Crippen LogP contribution in [-0.2, 0) is 51.3 Å². The van der Waals surface area contributed by atoms with Crippen LogP contribution in [0.1, 0.15) is 95.6 Å². The van der Waals surface area contributed by atoms with Crippen LogP contribution in [0.4, 0.5) is 11.4 Å². The molecule has 342 valence electrons. The van der Waals surface area contributed by atoms with Gasteiger partial charge in [-0.05, 0) is 51.3 Å². The van der Waals surface area contributed by atoms with Crippen LogP contribution in [0.25, 0.3) is 0 Å². The Balaban J connectivity index is 1.77. The first-order chi connectivity index (χ1) is 28.4. The number of carboxylic acid groups (broad SMARTS) is 1. The molecule has 0 unspecified atom stereocenters. The minimum absolute atomic E-state index is 0.0404. The van der Waals surface area contributed by atoms with Crippen molar-refractivity contribution < 1.29 is 75.9 Å². The van der Waals surface area contributed by atoms with Crippen molar-refractivity contribution in [2.24, 2.45) is 0 Å². The van der Waals surface area contributed by atoms with Gasteiger partial charge in [0.2, 0.25) is 5.69 Å². The van der Waals surface area contributed by atoms with E-state index in [2.05, 4.69) is 10.6 Å². The normalized spacial score (nSPS) is 16.8. The summed E-state index contributed by atoms with van der Waals surface area (Å²) in [5.41, 5.74) is 0.827. The monoisotopic (exact) mass is 947 g/mol. The number of nitrogens with one attached hydrogen (secondary N) is 2. The fourth-order valence-corrected chi connectivity index (χ4v) is 9.56. The summed E-state index contributed by atoms with van der Waals surface area (Å²) in [5, 5.41) is 14.8. The van der Waals surface area contributed by atoms with Crippen molar-refractivity contribution in [3.63, 3.8) is 0 Å². The van der Waals surface area contributed by atoms with Crippen molar-refractivity contribution in [1.29, 1.82) is 0 Å². The van der Waals surface area contributed by atoms with E-state index in [-0.39, 0.29) is 48.3 Å². The highest BCUT2D eigenvalue weighted by Gasteiger charge is 2.48. The number of rotatable bonds is 21. The van der Waals surface area contributed by atoms with Gasteiger partial charge in [-0.15, -0.1) is 0 Å². The first-order valence-electron chi connectivity index (χ1n) is 19.2. The van der Waals surface area contributed by atoms with Crippen molar-refractivity contribution >= 4 is 75.3 Å². The van der Waals surface area contributed by atoms with E-state index < -0.39 is 105 Å². The van der Waals surface area contributed by atoms with E-state index in [1.807, 2.05) is 24.8 Å². The Morgan fingerprint density at radius 1 is 0.710 bits per heavy atom. The first-order valence-corrected chi connectivity index (χ1v) is 25.6. The Morgan fingerprint density at radius 3 is 1.84 bits per heavy atom. The fourth-order valence-electron chi connectivity index (χ4n) is 7.85. The molecular weight excluding hydrogens is 897 g/mol. The molecule has 2 aliphatic heterocycles. The number of aromatic carboxylic acids is 1. The highest BCUT2D eigenvalue weighted by Crippen LogP contribution is 2.50. The van der Waals surface area contributed by atoms with Crippen LogP contribution in [0.3, 0.4) is 0 Å². The number of carboxylic acids is 1. The highest BCUT2D eigenvalue weighted by atomic mass is 32.2. The molecule has 20 nitrogen and oxygen atoms in total. The lowest BCUT2D eigenvalue weighted by Gasteiger charge is -2.27. The van der Waals surface area contributed by atoms with Gasteiger partial charge in [0.1, 0.15) is 6.54 Å². The van der Waals surface area contributed by atoms with Crippen molar-refractivity contribution in [3.8, 4) is 0 Å². The van der Waals surface area contributed by atoms with Crippen LogP contribution in [-0.4, -0.2) is 134 Å². The number of fused-ring (bicyclic) bond motifs is 2. The number of allylic oxidation sites excluding steroid dienone is 4. The largest absolute Gasteiger partial charge is 0.478 e. The van der Waals surface area contributed by atoms with Crippen LogP contribution >= 0.6 is 0 Å². The van der Waals surface area contributed by atoms with Gasteiger partial charge >= 0.3 is 5.97 Å². The van der Waals surface area contributed by atoms with E-state index in [1.54, 1.807) is 42.7 Å². The number of unbranched alkanes of at least 4 members (excludes halogenated alkanes) is 1. The van der Waals surface area contributed by atoms with Gasteiger partial charge in [-0.2, -0.15) is 38.2 Å². The molecule has 2 heterocycles. The topological polar surface area (TPSA) is 319 Å². The van der Waals surface area contributed by atoms with E-state index in [1.165, 1.54) is 18.2 Å². The number of amides is 2. The van der Waals surface area contributed by atoms with Crippen LogP contribution < -0.4 is 15.5 Å². The average Bonchev–Trinajstić information content (AvgIpc) is 3.47. The van der Waals surface area contributed by atoms with E-state index in [0.29, 0.717) is 41.1 Å². The molecule has 2 aromatic rings. The Kier molecular flexibility index (Phi) is 15.4.